The quantitative estimate of drug-likeness (QED) is 0.381. The SMILES string of the molecule is Cc1ccc(N)cc1[SiH3]. The van der Waals surface area contributed by atoms with Gasteiger partial charge in [-0.3, -0.25) is 0 Å². The van der Waals surface area contributed by atoms with Gasteiger partial charge in [0.1, 0.15) is 0 Å². The maximum Gasteiger partial charge on any atom is 0.0389 e. The van der Waals surface area contributed by atoms with E-state index in [2.05, 4.69) is 13.0 Å². The Morgan fingerprint density at radius 3 is 2.56 bits per heavy atom. The number of aryl methyl sites for hydroxylation is 1. The van der Waals surface area contributed by atoms with E-state index in [-0.39, 0.29) is 0 Å². The highest BCUT2D eigenvalue weighted by atomic mass is 28.1. The lowest BCUT2D eigenvalue weighted by Gasteiger charge is -1.98. The Kier molecular flexibility index (Phi) is 1.58. The van der Waals surface area contributed by atoms with Crippen LogP contribution in [0.15, 0.2) is 18.2 Å². The van der Waals surface area contributed by atoms with Gasteiger partial charge in [-0.25, -0.2) is 0 Å². The van der Waals surface area contributed by atoms with E-state index < -0.39 is 0 Å². The molecule has 0 radical (unpaired) electrons. The van der Waals surface area contributed by atoms with E-state index in [0.717, 1.165) is 15.9 Å². The van der Waals surface area contributed by atoms with Crippen molar-refractivity contribution in [2.24, 2.45) is 0 Å². The van der Waals surface area contributed by atoms with Crippen molar-refractivity contribution in [1.29, 1.82) is 0 Å². The van der Waals surface area contributed by atoms with Crippen molar-refractivity contribution >= 4 is 21.1 Å². The first-order valence-electron chi connectivity index (χ1n) is 3.03. The Bertz CT molecular complexity index is 220. The standard InChI is InChI=1S/C7H11NSi/c1-5-2-3-6(8)4-7(5)9/h2-4H,8H2,1,9H3. The Morgan fingerprint density at radius 1 is 1.44 bits per heavy atom. The maximum atomic E-state index is 5.55. The van der Waals surface area contributed by atoms with E-state index >= 15 is 0 Å². The molecule has 2 N–H and O–H groups in total. The molecule has 0 aliphatic heterocycles. The van der Waals surface area contributed by atoms with Crippen molar-refractivity contribution in [1.82, 2.24) is 0 Å². The van der Waals surface area contributed by atoms with Gasteiger partial charge in [0.25, 0.3) is 0 Å². The fourth-order valence-corrected chi connectivity index (χ4v) is 1.26. The van der Waals surface area contributed by atoms with E-state index in [1.807, 2.05) is 12.1 Å². The molecule has 0 spiro atoms. The molecule has 0 amide bonds. The molecule has 0 bridgehead atoms. The summed E-state index contributed by atoms with van der Waals surface area (Å²) >= 11 is 0. The molecule has 1 nitrogen and oxygen atoms in total. The third-order valence-corrected chi connectivity index (χ3v) is 2.61. The van der Waals surface area contributed by atoms with E-state index in [4.69, 9.17) is 5.73 Å². The average molecular weight is 137 g/mol. The van der Waals surface area contributed by atoms with Crippen LogP contribution in [-0.4, -0.2) is 10.2 Å². The number of benzene rings is 1. The topological polar surface area (TPSA) is 26.0 Å². The highest BCUT2D eigenvalue weighted by molar-refractivity contribution is 6.33. The molecule has 1 aromatic carbocycles. The van der Waals surface area contributed by atoms with Crippen molar-refractivity contribution in [3.63, 3.8) is 0 Å². The van der Waals surface area contributed by atoms with E-state index in [1.165, 1.54) is 10.8 Å². The van der Waals surface area contributed by atoms with E-state index in [0.29, 0.717) is 0 Å². The molecular formula is C7H11NSi. The van der Waals surface area contributed by atoms with Crippen LogP contribution in [-0.2, 0) is 0 Å². The summed E-state index contributed by atoms with van der Waals surface area (Å²) in [4.78, 5) is 0. The number of hydrogen-bond donors (Lipinski definition) is 1. The summed E-state index contributed by atoms with van der Waals surface area (Å²) in [6, 6.07) is 6.05. The second-order valence-corrected chi connectivity index (χ2v) is 3.42. The number of hydrogen-bond acceptors (Lipinski definition) is 1. The molecule has 0 aliphatic rings. The molecule has 0 aromatic heterocycles. The fraction of sp³-hybridized carbons (Fsp3) is 0.143. The van der Waals surface area contributed by atoms with Crippen LogP contribution in [0.5, 0.6) is 0 Å². The van der Waals surface area contributed by atoms with Gasteiger partial charge in [-0.2, -0.15) is 0 Å². The minimum Gasteiger partial charge on any atom is -0.399 e. The molecule has 0 saturated heterocycles. The van der Waals surface area contributed by atoms with E-state index in [9.17, 15) is 0 Å². The maximum absolute atomic E-state index is 5.55. The van der Waals surface area contributed by atoms with Crippen molar-refractivity contribution in [3.05, 3.63) is 23.8 Å². The number of anilines is 1. The lowest BCUT2D eigenvalue weighted by molar-refractivity contribution is 1.52. The minimum atomic E-state index is 0.880. The normalized spacial score (nSPS) is 9.89. The van der Waals surface area contributed by atoms with Crippen LogP contribution >= 0.6 is 0 Å². The van der Waals surface area contributed by atoms with Crippen molar-refractivity contribution in [2.45, 2.75) is 6.92 Å². The summed E-state index contributed by atoms with van der Waals surface area (Å²) in [5.74, 6) is 0. The molecule has 0 aliphatic carbocycles. The minimum absolute atomic E-state index is 0.880. The first-order valence-corrected chi connectivity index (χ1v) is 4.03. The highest BCUT2D eigenvalue weighted by Crippen LogP contribution is 1.99. The summed E-state index contributed by atoms with van der Waals surface area (Å²) in [5.41, 5.74) is 7.79. The van der Waals surface area contributed by atoms with Crippen LogP contribution in [0.4, 0.5) is 5.69 Å². The van der Waals surface area contributed by atoms with Gasteiger partial charge in [-0.05, 0) is 19.1 Å². The lowest BCUT2D eigenvalue weighted by Crippen LogP contribution is -2.07. The molecule has 0 atom stereocenters. The molecular weight excluding hydrogens is 126 g/mol. The smallest absolute Gasteiger partial charge is 0.0389 e. The zero-order valence-corrected chi connectivity index (χ0v) is 7.81. The zero-order valence-electron chi connectivity index (χ0n) is 5.81. The van der Waals surface area contributed by atoms with Gasteiger partial charge >= 0.3 is 0 Å². The highest BCUT2D eigenvalue weighted by Gasteiger charge is 1.89. The molecule has 0 heterocycles. The van der Waals surface area contributed by atoms with Gasteiger partial charge in [0.05, 0.1) is 0 Å². The second kappa shape index (κ2) is 2.23. The summed E-state index contributed by atoms with van der Waals surface area (Å²) in [6.45, 7) is 2.11. The Balaban J connectivity index is 3.17. The largest absolute Gasteiger partial charge is 0.399 e. The van der Waals surface area contributed by atoms with Crippen LogP contribution < -0.4 is 10.9 Å². The summed E-state index contributed by atoms with van der Waals surface area (Å²) in [5, 5.41) is 1.40. The van der Waals surface area contributed by atoms with Crippen molar-refractivity contribution in [2.75, 3.05) is 5.73 Å². The summed E-state index contributed by atoms with van der Waals surface area (Å²) in [6.07, 6.45) is 0. The predicted octanol–water partition coefficient (Wildman–Crippen LogP) is -0.432. The van der Waals surface area contributed by atoms with Crippen LogP contribution in [0, 0.1) is 6.92 Å². The van der Waals surface area contributed by atoms with Gasteiger partial charge in [-0.15, -0.1) is 0 Å². The van der Waals surface area contributed by atoms with Crippen LogP contribution in [0.1, 0.15) is 5.56 Å². The molecule has 0 saturated carbocycles. The molecule has 1 aromatic rings. The molecule has 9 heavy (non-hydrogen) atoms. The van der Waals surface area contributed by atoms with Crippen molar-refractivity contribution < 1.29 is 0 Å². The second-order valence-electron chi connectivity index (χ2n) is 2.34. The third kappa shape index (κ3) is 1.33. The third-order valence-electron chi connectivity index (χ3n) is 1.53. The number of nitrogen functional groups attached to an aromatic ring is 1. The molecule has 0 fully saturated rings. The predicted molar refractivity (Wildman–Crippen MR) is 45.2 cm³/mol. The number of rotatable bonds is 0. The Labute approximate surface area is 58.3 Å². The van der Waals surface area contributed by atoms with Crippen LogP contribution in [0.25, 0.3) is 0 Å². The van der Waals surface area contributed by atoms with Gasteiger partial charge in [-0.1, -0.05) is 16.8 Å². The lowest BCUT2D eigenvalue weighted by atomic mass is 10.2. The molecule has 2 heteroatoms. The van der Waals surface area contributed by atoms with Crippen LogP contribution in [0.2, 0.25) is 0 Å². The average Bonchev–Trinajstić information content (AvgIpc) is 1.80. The zero-order chi connectivity index (χ0) is 6.85. The summed E-state index contributed by atoms with van der Waals surface area (Å²) < 4.78 is 0. The molecule has 1 rings (SSSR count). The van der Waals surface area contributed by atoms with Gasteiger partial charge < -0.3 is 5.73 Å². The van der Waals surface area contributed by atoms with Crippen molar-refractivity contribution in [3.8, 4) is 0 Å². The van der Waals surface area contributed by atoms with Gasteiger partial charge in [0.15, 0.2) is 0 Å². The fourth-order valence-electron chi connectivity index (χ4n) is 0.765. The van der Waals surface area contributed by atoms with Gasteiger partial charge in [0, 0.05) is 15.9 Å². The first kappa shape index (κ1) is 6.36. The summed E-state index contributed by atoms with van der Waals surface area (Å²) in [7, 11) is 1.09. The first-order chi connectivity index (χ1) is 4.20. The molecule has 48 valence electrons. The number of nitrogens with two attached hydrogens (primary N) is 1. The van der Waals surface area contributed by atoms with Crippen LogP contribution in [0.3, 0.4) is 0 Å². The monoisotopic (exact) mass is 137 g/mol. The Hall–Kier alpha value is -0.763. The Morgan fingerprint density at radius 2 is 2.11 bits per heavy atom. The molecule has 0 unspecified atom stereocenters. The van der Waals surface area contributed by atoms with Gasteiger partial charge in [0.2, 0.25) is 0 Å². The van der Waals surface area contributed by atoms with E-state index in [1.54, 1.807) is 0 Å².